The molecule has 5 aliphatic rings. The molecule has 2 aliphatic carbocycles. The number of nitrogens with zero attached hydrogens (tertiary/aromatic N) is 3. The Labute approximate surface area is 188 Å². The summed E-state index contributed by atoms with van der Waals surface area (Å²) in [5.41, 5.74) is 0.407. The molecule has 3 aliphatic heterocycles. The van der Waals surface area contributed by atoms with Crippen molar-refractivity contribution >= 4 is 29.9 Å². The van der Waals surface area contributed by atoms with Crippen LogP contribution in [0.5, 0.6) is 0 Å². The van der Waals surface area contributed by atoms with E-state index in [9.17, 15) is 0 Å². The van der Waals surface area contributed by atoms with Crippen molar-refractivity contribution in [3.8, 4) is 0 Å². The molecule has 0 radical (unpaired) electrons. The lowest BCUT2D eigenvalue weighted by Gasteiger charge is -2.57. The fourth-order valence-electron chi connectivity index (χ4n) is 7.02. The highest BCUT2D eigenvalue weighted by molar-refractivity contribution is 14.0. The summed E-state index contributed by atoms with van der Waals surface area (Å²) in [4.78, 5) is 9.96. The summed E-state index contributed by atoms with van der Waals surface area (Å²) < 4.78 is 6.16. The first-order valence-electron chi connectivity index (χ1n) is 11.6. The molecule has 0 aromatic carbocycles. The number of ether oxygens (including phenoxy) is 1. The van der Waals surface area contributed by atoms with Gasteiger partial charge in [-0.25, -0.2) is 0 Å². The number of rotatable bonds is 3. The molecule has 0 bridgehead atoms. The minimum absolute atomic E-state index is 0. The first-order valence-corrected chi connectivity index (χ1v) is 11.6. The lowest BCUT2D eigenvalue weighted by atomic mass is 9.54. The number of aliphatic imine (C=N–C) groups is 1. The largest absolute Gasteiger partial charge is 0.377 e. The standard InChI is InChI=1S/C22H38N4O.HI/c1-23-21(26-13-7-17(16-26)15-25-11-5-2-6-12-25)24-19-18-8-14-27-20(18)22(19)9-3-4-10-22;/h17-20H,2-16H2,1H3,(H,23,24);1H. The molecule has 1 N–H and O–H groups in total. The van der Waals surface area contributed by atoms with E-state index in [2.05, 4.69) is 15.1 Å². The van der Waals surface area contributed by atoms with Crippen LogP contribution in [0.15, 0.2) is 4.99 Å². The van der Waals surface area contributed by atoms with Crippen LogP contribution in [0.4, 0.5) is 0 Å². The highest BCUT2D eigenvalue weighted by atomic mass is 127. The number of hydrogen-bond donors (Lipinski definition) is 1. The van der Waals surface area contributed by atoms with Gasteiger partial charge in [-0.05, 0) is 57.5 Å². The van der Waals surface area contributed by atoms with Crippen LogP contribution in [0.2, 0.25) is 0 Å². The third-order valence-electron chi connectivity index (χ3n) is 8.33. The minimum Gasteiger partial charge on any atom is -0.377 e. The fraction of sp³-hybridized carbons (Fsp3) is 0.955. The van der Waals surface area contributed by atoms with Crippen molar-refractivity contribution in [2.45, 2.75) is 69.9 Å². The second-order valence-corrected chi connectivity index (χ2v) is 9.82. The van der Waals surface area contributed by atoms with Gasteiger partial charge in [0, 0.05) is 50.7 Å². The highest BCUT2D eigenvalue weighted by Crippen LogP contribution is 2.60. The van der Waals surface area contributed by atoms with E-state index in [0.717, 1.165) is 18.5 Å². The van der Waals surface area contributed by atoms with Crippen LogP contribution >= 0.6 is 24.0 Å². The second kappa shape index (κ2) is 8.96. The molecule has 3 saturated heterocycles. The lowest BCUT2D eigenvalue weighted by molar-refractivity contribution is -0.125. The molecule has 6 heteroatoms. The third-order valence-corrected chi connectivity index (χ3v) is 8.33. The SMILES string of the molecule is CN=C(NC1C2CCOC2C12CCCC2)N1CCC(CN2CCCCC2)C1.I. The fourth-order valence-corrected chi connectivity index (χ4v) is 7.02. The molecule has 3 heterocycles. The van der Waals surface area contributed by atoms with Crippen LogP contribution in [0.1, 0.15) is 57.8 Å². The van der Waals surface area contributed by atoms with E-state index in [-0.39, 0.29) is 24.0 Å². The van der Waals surface area contributed by atoms with Crippen molar-refractivity contribution in [1.29, 1.82) is 0 Å². The number of nitrogens with one attached hydrogen (secondary N) is 1. The van der Waals surface area contributed by atoms with Crippen molar-refractivity contribution in [2.24, 2.45) is 22.2 Å². The molecule has 5 rings (SSSR count). The molecule has 2 saturated carbocycles. The van der Waals surface area contributed by atoms with Crippen LogP contribution in [0.3, 0.4) is 0 Å². The molecule has 4 unspecified atom stereocenters. The number of fused-ring (bicyclic) bond motifs is 2. The molecule has 0 aromatic heterocycles. The quantitative estimate of drug-likeness (QED) is 0.365. The Kier molecular flexibility index (Phi) is 6.77. The summed E-state index contributed by atoms with van der Waals surface area (Å²) in [6, 6.07) is 0.590. The molecule has 5 fully saturated rings. The third kappa shape index (κ3) is 3.70. The van der Waals surface area contributed by atoms with E-state index in [1.165, 1.54) is 90.5 Å². The summed E-state index contributed by atoms with van der Waals surface area (Å²) >= 11 is 0. The summed E-state index contributed by atoms with van der Waals surface area (Å²) in [5, 5.41) is 3.96. The Bertz CT molecular complexity index is 559. The Morgan fingerprint density at radius 3 is 2.61 bits per heavy atom. The molecule has 160 valence electrons. The monoisotopic (exact) mass is 502 g/mol. The van der Waals surface area contributed by atoms with Crippen molar-refractivity contribution in [3.63, 3.8) is 0 Å². The van der Waals surface area contributed by atoms with Gasteiger partial charge in [-0.2, -0.15) is 0 Å². The summed E-state index contributed by atoms with van der Waals surface area (Å²) in [6.45, 7) is 7.24. The van der Waals surface area contributed by atoms with Gasteiger partial charge in [-0.15, -0.1) is 24.0 Å². The van der Waals surface area contributed by atoms with Gasteiger partial charge >= 0.3 is 0 Å². The Morgan fingerprint density at radius 2 is 1.86 bits per heavy atom. The molecule has 1 spiro atoms. The van der Waals surface area contributed by atoms with Crippen molar-refractivity contribution in [3.05, 3.63) is 0 Å². The molecule has 0 amide bonds. The average molecular weight is 502 g/mol. The van der Waals surface area contributed by atoms with E-state index in [1.807, 2.05) is 7.05 Å². The maximum atomic E-state index is 6.16. The molecule has 4 atom stereocenters. The summed E-state index contributed by atoms with van der Waals surface area (Å²) in [6.07, 6.45) is 12.8. The topological polar surface area (TPSA) is 40.1 Å². The second-order valence-electron chi connectivity index (χ2n) is 9.82. The smallest absolute Gasteiger partial charge is 0.193 e. The first-order chi connectivity index (χ1) is 13.3. The van der Waals surface area contributed by atoms with Gasteiger partial charge in [0.25, 0.3) is 0 Å². The zero-order valence-electron chi connectivity index (χ0n) is 17.6. The van der Waals surface area contributed by atoms with Crippen molar-refractivity contribution in [1.82, 2.24) is 15.1 Å². The molecule has 5 nitrogen and oxygen atoms in total. The zero-order chi connectivity index (χ0) is 18.3. The normalized spacial score (nSPS) is 37.6. The predicted octanol–water partition coefficient (Wildman–Crippen LogP) is 3.34. The first kappa shape index (κ1) is 21.2. The van der Waals surface area contributed by atoms with E-state index in [4.69, 9.17) is 9.73 Å². The Balaban J connectivity index is 0.00000192. The van der Waals surface area contributed by atoms with Crippen molar-refractivity contribution < 1.29 is 4.74 Å². The number of guanidine groups is 1. The van der Waals surface area contributed by atoms with Crippen LogP contribution in [-0.4, -0.2) is 74.3 Å². The van der Waals surface area contributed by atoms with Gasteiger partial charge in [0.1, 0.15) is 0 Å². The number of halogens is 1. The van der Waals surface area contributed by atoms with E-state index >= 15 is 0 Å². The highest BCUT2D eigenvalue weighted by Gasteiger charge is 2.65. The van der Waals surface area contributed by atoms with Crippen LogP contribution in [-0.2, 0) is 4.74 Å². The lowest BCUT2D eigenvalue weighted by Crippen LogP contribution is -2.69. The summed E-state index contributed by atoms with van der Waals surface area (Å²) in [7, 11) is 1.98. The van der Waals surface area contributed by atoms with Crippen LogP contribution in [0, 0.1) is 17.3 Å². The van der Waals surface area contributed by atoms with Crippen LogP contribution in [0.25, 0.3) is 0 Å². The van der Waals surface area contributed by atoms with Gasteiger partial charge in [-0.3, -0.25) is 4.99 Å². The zero-order valence-corrected chi connectivity index (χ0v) is 19.9. The van der Waals surface area contributed by atoms with E-state index < -0.39 is 0 Å². The van der Waals surface area contributed by atoms with Gasteiger partial charge in [-0.1, -0.05) is 19.3 Å². The molecular formula is C22H39IN4O. The Hall–Kier alpha value is -0.0800. The van der Waals surface area contributed by atoms with E-state index in [0.29, 0.717) is 23.5 Å². The molecular weight excluding hydrogens is 463 g/mol. The number of hydrogen-bond acceptors (Lipinski definition) is 3. The van der Waals surface area contributed by atoms with Gasteiger partial charge in [0.05, 0.1) is 6.10 Å². The molecule has 28 heavy (non-hydrogen) atoms. The van der Waals surface area contributed by atoms with Gasteiger partial charge < -0.3 is 19.9 Å². The van der Waals surface area contributed by atoms with Gasteiger partial charge in [0.2, 0.25) is 0 Å². The van der Waals surface area contributed by atoms with E-state index in [1.54, 1.807) is 0 Å². The van der Waals surface area contributed by atoms with Gasteiger partial charge in [0.15, 0.2) is 5.96 Å². The predicted molar refractivity (Wildman–Crippen MR) is 124 cm³/mol. The maximum absolute atomic E-state index is 6.16. The maximum Gasteiger partial charge on any atom is 0.193 e. The number of likely N-dealkylation sites (tertiary alicyclic amines) is 2. The minimum atomic E-state index is 0. The average Bonchev–Trinajstić information content (AvgIpc) is 3.43. The summed E-state index contributed by atoms with van der Waals surface area (Å²) in [5.74, 6) is 2.69. The van der Waals surface area contributed by atoms with Crippen molar-refractivity contribution in [2.75, 3.05) is 46.4 Å². The Morgan fingerprint density at radius 1 is 1.07 bits per heavy atom. The molecule has 0 aromatic rings. The number of piperidine rings is 1. The van der Waals surface area contributed by atoms with Crippen LogP contribution < -0.4 is 5.32 Å².